The number of rotatable bonds is 3. The smallest absolute Gasteiger partial charge is 0.269 e. The van der Waals surface area contributed by atoms with Crippen molar-refractivity contribution in [1.29, 1.82) is 0 Å². The molecule has 1 aromatic carbocycles. The third-order valence-corrected chi connectivity index (χ3v) is 4.75. The summed E-state index contributed by atoms with van der Waals surface area (Å²) in [6.45, 7) is 0.232. The molecule has 1 amide bonds. The summed E-state index contributed by atoms with van der Waals surface area (Å²) in [5, 5.41) is 4.85. The van der Waals surface area contributed by atoms with Crippen LogP contribution in [0.5, 0.6) is 11.5 Å². The van der Waals surface area contributed by atoms with Gasteiger partial charge in [0.2, 0.25) is 6.79 Å². The normalized spacial score (nSPS) is 12.4. The summed E-state index contributed by atoms with van der Waals surface area (Å²) in [5.74, 6) is 1.30. The molecule has 0 unspecified atom stereocenters. The first-order valence-electron chi connectivity index (χ1n) is 7.24. The van der Waals surface area contributed by atoms with Gasteiger partial charge < -0.3 is 14.4 Å². The number of ether oxygens (including phenoxy) is 2. The van der Waals surface area contributed by atoms with Gasteiger partial charge in [0.15, 0.2) is 11.5 Å². The first-order chi connectivity index (χ1) is 11.6. The van der Waals surface area contributed by atoms with E-state index in [1.807, 2.05) is 25.2 Å². The molecule has 0 radical (unpaired) electrons. The standard InChI is InChI=1S/C16H14N4O3S/c1-19-8-11(6-18-19)20(2)16(21)14-7-17-15(24-14)10-3-4-12-13(5-10)23-9-22-12/h3-8H,9H2,1-2H3. The fourth-order valence-electron chi connectivity index (χ4n) is 2.40. The zero-order chi connectivity index (χ0) is 16.7. The highest BCUT2D eigenvalue weighted by molar-refractivity contribution is 7.17. The second kappa shape index (κ2) is 5.64. The van der Waals surface area contributed by atoms with Gasteiger partial charge in [0, 0.05) is 25.9 Å². The maximum absolute atomic E-state index is 12.6. The molecule has 0 saturated heterocycles. The predicted molar refractivity (Wildman–Crippen MR) is 89.6 cm³/mol. The summed E-state index contributed by atoms with van der Waals surface area (Å²) >= 11 is 1.34. The van der Waals surface area contributed by atoms with Crippen molar-refractivity contribution in [2.75, 3.05) is 18.7 Å². The van der Waals surface area contributed by atoms with Crippen molar-refractivity contribution in [1.82, 2.24) is 14.8 Å². The van der Waals surface area contributed by atoms with Crippen LogP contribution in [-0.4, -0.2) is 34.5 Å². The van der Waals surface area contributed by atoms with Gasteiger partial charge in [-0.1, -0.05) is 0 Å². The summed E-state index contributed by atoms with van der Waals surface area (Å²) in [5.41, 5.74) is 1.63. The molecule has 0 aliphatic carbocycles. The van der Waals surface area contributed by atoms with E-state index < -0.39 is 0 Å². The van der Waals surface area contributed by atoms with Crippen LogP contribution in [0.15, 0.2) is 36.8 Å². The van der Waals surface area contributed by atoms with Gasteiger partial charge >= 0.3 is 0 Å². The second-order valence-electron chi connectivity index (χ2n) is 5.33. The van der Waals surface area contributed by atoms with E-state index in [0.717, 1.165) is 22.0 Å². The predicted octanol–water partition coefficient (Wildman–Crippen LogP) is 2.55. The van der Waals surface area contributed by atoms with Gasteiger partial charge in [0.25, 0.3) is 5.91 Å². The SMILES string of the molecule is CN(C(=O)c1cnc(-c2ccc3c(c2)OCO3)s1)c1cnn(C)c1. The molecule has 2 aromatic heterocycles. The summed E-state index contributed by atoms with van der Waals surface area (Å²) in [4.78, 5) is 19.1. The Labute approximate surface area is 142 Å². The Morgan fingerprint density at radius 2 is 2.12 bits per heavy atom. The first-order valence-corrected chi connectivity index (χ1v) is 8.06. The van der Waals surface area contributed by atoms with E-state index in [2.05, 4.69) is 10.1 Å². The lowest BCUT2D eigenvalue weighted by Gasteiger charge is -2.12. The lowest BCUT2D eigenvalue weighted by molar-refractivity contribution is 0.0996. The molecule has 7 nitrogen and oxygen atoms in total. The molecule has 0 N–H and O–H groups in total. The van der Waals surface area contributed by atoms with Gasteiger partial charge in [-0.2, -0.15) is 5.10 Å². The molecular formula is C16H14N4O3S. The van der Waals surface area contributed by atoms with E-state index in [0.29, 0.717) is 10.6 Å². The number of carbonyl (C=O) groups excluding carboxylic acids is 1. The molecule has 0 spiro atoms. The van der Waals surface area contributed by atoms with Crippen molar-refractivity contribution in [2.45, 2.75) is 0 Å². The molecule has 0 atom stereocenters. The Hall–Kier alpha value is -2.87. The lowest BCUT2D eigenvalue weighted by atomic mass is 10.2. The fraction of sp³-hybridized carbons (Fsp3) is 0.188. The van der Waals surface area contributed by atoms with Gasteiger partial charge in [-0.25, -0.2) is 4.98 Å². The van der Waals surface area contributed by atoms with Gasteiger partial charge in [0.1, 0.15) is 9.88 Å². The maximum Gasteiger partial charge on any atom is 0.269 e. The molecule has 24 heavy (non-hydrogen) atoms. The summed E-state index contributed by atoms with van der Waals surface area (Å²) < 4.78 is 12.3. The van der Waals surface area contributed by atoms with Crippen LogP contribution in [0.1, 0.15) is 9.67 Å². The zero-order valence-corrected chi connectivity index (χ0v) is 13.9. The van der Waals surface area contributed by atoms with Gasteiger partial charge in [-0.3, -0.25) is 9.48 Å². The zero-order valence-electron chi connectivity index (χ0n) is 13.1. The maximum atomic E-state index is 12.6. The third-order valence-electron chi connectivity index (χ3n) is 3.72. The van der Waals surface area contributed by atoms with Gasteiger partial charge in [-0.05, 0) is 18.2 Å². The highest BCUT2D eigenvalue weighted by Gasteiger charge is 2.20. The van der Waals surface area contributed by atoms with Crippen LogP contribution >= 0.6 is 11.3 Å². The van der Waals surface area contributed by atoms with E-state index in [-0.39, 0.29) is 12.7 Å². The van der Waals surface area contributed by atoms with E-state index in [1.165, 1.54) is 11.3 Å². The molecule has 8 heteroatoms. The number of anilines is 1. The average molecular weight is 342 g/mol. The van der Waals surface area contributed by atoms with Crippen LogP contribution in [0.25, 0.3) is 10.6 Å². The van der Waals surface area contributed by atoms with Crippen LogP contribution < -0.4 is 14.4 Å². The molecule has 3 heterocycles. The highest BCUT2D eigenvalue weighted by Crippen LogP contribution is 2.37. The Balaban J connectivity index is 1.59. The largest absolute Gasteiger partial charge is 0.454 e. The Morgan fingerprint density at radius 1 is 1.29 bits per heavy atom. The molecular weight excluding hydrogens is 328 g/mol. The van der Waals surface area contributed by atoms with Crippen molar-refractivity contribution in [2.24, 2.45) is 7.05 Å². The topological polar surface area (TPSA) is 69.5 Å². The van der Waals surface area contributed by atoms with Crippen molar-refractivity contribution < 1.29 is 14.3 Å². The highest BCUT2D eigenvalue weighted by atomic mass is 32.1. The molecule has 4 rings (SSSR count). The van der Waals surface area contributed by atoms with Crippen molar-refractivity contribution >= 4 is 22.9 Å². The number of hydrogen-bond donors (Lipinski definition) is 0. The minimum atomic E-state index is -0.118. The molecule has 0 saturated carbocycles. The van der Waals surface area contributed by atoms with Crippen LogP contribution in [0, 0.1) is 0 Å². The number of aryl methyl sites for hydroxylation is 1. The molecule has 1 aliphatic heterocycles. The number of benzene rings is 1. The quantitative estimate of drug-likeness (QED) is 0.732. The van der Waals surface area contributed by atoms with E-state index >= 15 is 0 Å². The fourth-order valence-corrected chi connectivity index (χ4v) is 3.29. The monoisotopic (exact) mass is 342 g/mol. The summed E-state index contributed by atoms with van der Waals surface area (Å²) in [7, 11) is 3.53. The number of amides is 1. The molecule has 122 valence electrons. The van der Waals surface area contributed by atoms with Crippen LogP contribution in [0.3, 0.4) is 0 Å². The number of thiazole rings is 1. The molecule has 1 aliphatic rings. The van der Waals surface area contributed by atoms with E-state index in [4.69, 9.17) is 9.47 Å². The molecule has 0 fully saturated rings. The lowest BCUT2D eigenvalue weighted by Crippen LogP contribution is -2.24. The summed E-state index contributed by atoms with van der Waals surface area (Å²) in [6, 6.07) is 5.63. The molecule has 0 bridgehead atoms. The second-order valence-corrected chi connectivity index (χ2v) is 6.36. The van der Waals surface area contributed by atoms with Crippen LogP contribution in [0.4, 0.5) is 5.69 Å². The van der Waals surface area contributed by atoms with Crippen molar-refractivity contribution in [3.05, 3.63) is 41.7 Å². The number of fused-ring (bicyclic) bond motifs is 1. The summed E-state index contributed by atoms with van der Waals surface area (Å²) in [6.07, 6.45) is 5.04. The Kier molecular flexibility index (Phi) is 3.46. The average Bonchev–Trinajstić information content (AvgIpc) is 3.32. The van der Waals surface area contributed by atoms with E-state index in [1.54, 1.807) is 35.2 Å². The minimum absolute atomic E-state index is 0.118. The Morgan fingerprint density at radius 3 is 2.92 bits per heavy atom. The van der Waals surface area contributed by atoms with Crippen molar-refractivity contribution in [3.63, 3.8) is 0 Å². The first kappa shape index (κ1) is 14.7. The van der Waals surface area contributed by atoms with E-state index in [9.17, 15) is 4.79 Å². The Bertz CT molecular complexity index is 918. The molecule has 3 aromatic rings. The number of hydrogen-bond acceptors (Lipinski definition) is 6. The van der Waals surface area contributed by atoms with Gasteiger partial charge in [0.05, 0.1) is 18.1 Å². The third kappa shape index (κ3) is 2.50. The van der Waals surface area contributed by atoms with Crippen LogP contribution in [0.2, 0.25) is 0 Å². The minimum Gasteiger partial charge on any atom is -0.454 e. The van der Waals surface area contributed by atoms with Crippen molar-refractivity contribution in [3.8, 4) is 22.1 Å². The number of aromatic nitrogens is 3. The van der Waals surface area contributed by atoms with Gasteiger partial charge in [-0.15, -0.1) is 11.3 Å². The van der Waals surface area contributed by atoms with Crippen LogP contribution in [-0.2, 0) is 7.05 Å². The number of nitrogens with zero attached hydrogens (tertiary/aromatic N) is 4. The number of carbonyl (C=O) groups is 1.